The minimum Gasteiger partial charge on any atom is -0.435 e. The van der Waals surface area contributed by atoms with Crippen LogP contribution < -0.4 is 20.7 Å². The second kappa shape index (κ2) is 13.8. The predicted octanol–water partition coefficient (Wildman–Crippen LogP) is 3.65. The van der Waals surface area contributed by atoms with Gasteiger partial charge in [-0.2, -0.15) is 8.78 Å². The Balaban J connectivity index is 0.00000480. The van der Waals surface area contributed by atoms with Gasteiger partial charge in [0, 0.05) is 25.7 Å². The zero-order chi connectivity index (χ0) is 21.9. The van der Waals surface area contributed by atoms with Crippen molar-refractivity contribution >= 4 is 41.5 Å². The Morgan fingerprint density at radius 3 is 2.48 bits per heavy atom. The first-order chi connectivity index (χ1) is 14.4. The topological polar surface area (TPSA) is 95.0 Å². The first kappa shape index (κ1) is 26.6. The van der Waals surface area contributed by atoms with Crippen LogP contribution in [0.3, 0.4) is 0 Å². The minimum atomic E-state index is -2.89. The number of hydrogen-bond acceptors (Lipinski definition) is 4. The molecular weight excluding hydrogens is 521 g/mol. The number of halogens is 3. The van der Waals surface area contributed by atoms with Gasteiger partial charge in [0.05, 0.1) is 12.6 Å². The zero-order valence-electron chi connectivity index (χ0n) is 17.3. The van der Waals surface area contributed by atoms with Crippen LogP contribution in [0, 0.1) is 0 Å². The third kappa shape index (κ3) is 9.92. The Morgan fingerprint density at radius 1 is 1.16 bits per heavy atom. The molecule has 2 aromatic rings. The normalized spacial score (nSPS) is 12.0. The number of hydrogen-bond donors (Lipinski definition) is 4. The van der Waals surface area contributed by atoms with Crippen molar-refractivity contribution in [3.05, 3.63) is 59.7 Å². The van der Waals surface area contributed by atoms with Gasteiger partial charge in [-0.3, -0.25) is 4.79 Å². The quantitative estimate of drug-likeness (QED) is 0.218. The Labute approximate surface area is 197 Å². The Morgan fingerprint density at radius 2 is 1.87 bits per heavy atom. The fraction of sp³-hybridized carbons (Fsp3) is 0.333. The van der Waals surface area contributed by atoms with E-state index in [9.17, 15) is 18.7 Å². The fourth-order valence-electron chi connectivity index (χ4n) is 2.65. The number of nitrogens with one attached hydrogen (secondary N) is 3. The number of carbonyl (C=O) groups excluding carboxylic acids is 1. The van der Waals surface area contributed by atoms with Crippen LogP contribution in [0.25, 0.3) is 0 Å². The molecule has 31 heavy (non-hydrogen) atoms. The van der Waals surface area contributed by atoms with Crippen LogP contribution in [0.4, 0.5) is 14.5 Å². The van der Waals surface area contributed by atoms with Gasteiger partial charge in [-0.1, -0.05) is 24.3 Å². The highest BCUT2D eigenvalue weighted by Crippen LogP contribution is 2.19. The van der Waals surface area contributed by atoms with E-state index in [0.717, 1.165) is 5.56 Å². The molecule has 0 aliphatic rings. The van der Waals surface area contributed by atoms with Crippen LogP contribution in [-0.4, -0.2) is 36.7 Å². The average molecular weight is 548 g/mol. The van der Waals surface area contributed by atoms with Gasteiger partial charge < -0.3 is 25.8 Å². The van der Waals surface area contributed by atoms with Crippen molar-refractivity contribution in [3.63, 3.8) is 0 Å². The van der Waals surface area contributed by atoms with E-state index in [1.54, 1.807) is 6.07 Å². The summed E-state index contributed by atoms with van der Waals surface area (Å²) in [4.78, 5) is 15.7. The zero-order valence-corrected chi connectivity index (χ0v) is 19.6. The number of benzene rings is 2. The van der Waals surface area contributed by atoms with Crippen LogP contribution in [0.2, 0.25) is 0 Å². The maximum absolute atomic E-state index is 12.2. The highest BCUT2D eigenvalue weighted by molar-refractivity contribution is 14.0. The molecule has 2 aromatic carbocycles. The van der Waals surface area contributed by atoms with Gasteiger partial charge in [0.25, 0.3) is 0 Å². The summed E-state index contributed by atoms with van der Waals surface area (Å²) in [5, 5.41) is 19.2. The lowest BCUT2D eigenvalue weighted by atomic mass is 10.1. The second-order valence-corrected chi connectivity index (χ2v) is 6.42. The van der Waals surface area contributed by atoms with Crippen molar-refractivity contribution in [2.75, 3.05) is 18.4 Å². The highest BCUT2D eigenvalue weighted by atomic mass is 127. The van der Waals surface area contributed by atoms with Crippen molar-refractivity contribution < 1.29 is 23.4 Å². The van der Waals surface area contributed by atoms with Crippen LogP contribution in [0.15, 0.2) is 53.5 Å². The molecular formula is C21H27F2IN4O3. The third-order valence-electron chi connectivity index (χ3n) is 3.96. The average Bonchev–Trinajstić information content (AvgIpc) is 2.70. The summed E-state index contributed by atoms with van der Waals surface area (Å²) >= 11 is 0. The van der Waals surface area contributed by atoms with E-state index < -0.39 is 12.7 Å². The minimum absolute atomic E-state index is 0. The van der Waals surface area contributed by atoms with Gasteiger partial charge in [0.2, 0.25) is 5.91 Å². The summed E-state index contributed by atoms with van der Waals surface area (Å²) in [5.41, 5.74) is 2.17. The number of ether oxygens (including phenoxy) is 1. The van der Waals surface area contributed by atoms with Crippen molar-refractivity contribution in [1.29, 1.82) is 0 Å². The molecule has 170 valence electrons. The first-order valence-electron chi connectivity index (χ1n) is 9.49. The number of carbonyl (C=O) groups is 1. The van der Waals surface area contributed by atoms with Gasteiger partial charge in [0.1, 0.15) is 5.75 Å². The summed E-state index contributed by atoms with van der Waals surface area (Å²) < 4.78 is 28.7. The first-order valence-corrected chi connectivity index (χ1v) is 9.49. The molecule has 1 atom stereocenters. The molecule has 2 rings (SSSR count). The lowest BCUT2D eigenvalue weighted by Gasteiger charge is -2.16. The molecule has 4 N–H and O–H groups in total. The molecule has 0 saturated carbocycles. The highest BCUT2D eigenvalue weighted by Gasteiger charge is 2.10. The van der Waals surface area contributed by atoms with Gasteiger partial charge in [-0.15, -0.1) is 24.0 Å². The summed E-state index contributed by atoms with van der Waals surface area (Å²) in [6, 6.07) is 13.2. The number of guanidine groups is 1. The number of anilines is 1. The summed E-state index contributed by atoms with van der Waals surface area (Å²) in [6.45, 7) is 1.66. The third-order valence-corrected chi connectivity index (χ3v) is 3.96. The lowest BCUT2D eigenvalue weighted by molar-refractivity contribution is -0.114. The van der Waals surface area contributed by atoms with E-state index in [4.69, 9.17) is 0 Å². The van der Waals surface area contributed by atoms with E-state index in [2.05, 4.69) is 25.7 Å². The molecule has 7 nitrogen and oxygen atoms in total. The molecule has 0 aromatic heterocycles. The molecule has 0 fully saturated rings. The van der Waals surface area contributed by atoms with E-state index in [-0.39, 0.29) is 42.2 Å². The van der Waals surface area contributed by atoms with Crippen molar-refractivity contribution in [1.82, 2.24) is 10.6 Å². The molecule has 0 spiro atoms. The molecule has 1 unspecified atom stereocenters. The number of alkyl halides is 2. The summed E-state index contributed by atoms with van der Waals surface area (Å²) in [6.07, 6.45) is -0.863. The molecule has 0 radical (unpaired) electrons. The van der Waals surface area contributed by atoms with Gasteiger partial charge in [0.15, 0.2) is 5.96 Å². The molecule has 0 bridgehead atoms. The number of amides is 1. The van der Waals surface area contributed by atoms with Gasteiger partial charge >= 0.3 is 6.61 Å². The number of nitrogens with zero attached hydrogens (tertiary/aromatic N) is 1. The van der Waals surface area contributed by atoms with Crippen molar-refractivity contribution in [2.24, 2.45) is 4.99 Å². The summed E-state index contributed by atoms with van der Waals surface area (Å²) in [5.74, 6) is 0.401. The lowest BCUT2D eigenvalue weighted by Crippen LogP contribution is -2.39. The maximum Gasteiger partial charge on any atom is 0.387 e. The van der Waals surface area contributed by atoms with Crippen LogP contribution in [0.1, 0.15) is 31.1 Å². The maximum atomic E-state index is 12.2. The Bertz CT molecular complexity index is 851. The molecule has 0 heterocycles. The van der Waals surface area contributed by atoms with E-state index in [0.29, 0.717) is 30.3 Å². The van der Waals surface area contributed by atoms with Crippen LogP contribution >= 0.6 is 24.0 Å². The van der Waals surface area contributed by atoms with E-state index >= 15 is 0 Å². The van der Waals surface area contributed by atoms with Crippen molar-refractivity contribution in [2.45, 2.75) is 33.1 Å². The predicted molar refractivity (Wildman–Crippen MR) is 127 cm³/mol. The van der Waals surface area contributed by atoms with E-state index in [1.165, 1.54) is 31.2 Å². The number of aliphatic imine (C=N–C) groups is 1. The van der Waals surface area contributed by atoms with Gasteiger partial charge in [-0.25, -0.2) is 4.99 Å². The second-order valence-electron chi connectivity index (χ2n) is 6.42. The van der Waals surface area contributed by atoms with Crippen LogP contribution in [-0.2, 0) is 11.3 Å². The smallest absolute Gasteiger partial charge is 0.387 e. The molecule has 0 aliphatic heterocycles. The molecule has 1 amide bonds. The summed E-state index contributed by atoms with van der Waals surface area (Å²) in [7, 11) is 0. The number of aliphatic hydroxyl groups is 1. The monoisotopic (exact) mass is 548 g/mol. The molecule has 0 aliphatic carbocycles. The Kier molecular flexibility index (Phi) is 11.8. The number of rotatable bonds is 9. The molecule has 10 heteroatoms. The standard InChI is InChI=1S/C21H26F2N4O3.HI/c1-3-24-21(25-12-15-5-4-6-17(11-15)27-14(2)28)26-13-19(29)16-7-9-18(10-8-16)30-20(22)23;/h4-11,19-20,29H,3,12-13H2,1-2H3,(H,27,28)(H2,24,25,26);1H. The SMILES string of the molecule is CCNC(=NCc1cccc(NC(C)=O)c1)NCC(O)c1ccc(OC(F)F)cc1.I. The van der Waals surface area contributed by atoms with Gasteiger partial charge in [-0.05, 0) is 42.3 Å². The van der Waals surface area contributed by atoms with E-state index in [1.807, 2.05) is 25.1 Å². The van der Waals surface area contributed by atoms with Crippen molar-refractivity contribution in [3.8, 4) is 5.75 Å². The number of aliphatic hydroxyl groups excluding tert-OH is 1. The fourth-order valence-corrected chi connectivity index (χ4v) is 2.65. The van der Waals surface area contributed by atoms with Crippen LogP contribution in [0.5, 0.6) is 5.75 Å². The molecule has 0 saturated heterocycles. The largest absolute Gasteiger partial charge is 0.435 e. The Hall–Kier alpha value is -2.47.